The van der Waals surface area contributed by atoms with Gasteiger partial charge in [0.25, 0.3) is 0 Å². The number of fused-ring (bicyclic) bond motifs is 1. The fourth-order valence-electron chi connectivity index (χ4n) is 4.36. The molecular weight excluding hydrogens is 486 g/mol. The Hall–Kier alpha value is -3.05. The summed E-state index contributed by atoms with van der Waals surface area (Å²) < 4.78 is 36.2. The maximum atomic E-state index is 11.8. The lowest BCUT2D eigenvalue weighted by atomic mass is 10.1. The van der Waals surface area contributed by atoms with E-state index in [1.807, 2.05) is 17.5 Å². The molecule has 1 aromatic carbocycles. The summed E-state index contributed by atoms with van der Waals surface area (Å²) >= 11 is 1.53. The van der Waals surface area contributed by atoms with Gasteiger partial charge in [0.15, 0.2) is 15.7 Å². The number of hydrogen-bond acceptors (Lipinski definition) is 10. The number of aromatic nitrogens is 4. The maximum Gasteiger partial charge on any atom is 0.324 e. The van der Waals surface area contributed by atoms with Gasteiger partial charge in [0.2, 0.25) is 5.88 Å². The number of nitrogens with zero attached hydrogens (tertiary/aromatic N) is 5. The normalized spacial score (nSPS) is 17.2. The summed E-state index contributed by atoms with van der Waals surface area (Å²) in [7, 11) is -3.24. The van der Waals surface area contributed by atoms with Crippen LogP contribution in [0.2, 0.25) is 0 Å². The molecule has 1 saturated carbocycles. The lowest BCUT2D eigenvalue weighted by Gasteiger charge is -2.30. The van der Waals surface area contributed by atoms with E-state index in [0.29, 0.717) is 16.8 Å². The Balaban J connectivity index is 1.14. The first-order valence-corrected chi connectivity index (χ1v) is 14.5. The number of ether oxygens (including phenoxy) is 1. The van der Waals surface area contributed by atoms with Crippen LogP contribution in [0.3, 0.4) is 0 Å². The lowest BCUT2D eigenvalue weighted by molar-refractivity contribution is 0.164. The molecule has 1 saturated heterocycles. The van der Waals surface area contributed by atoms with Crippen molar-refractivity contribution in [3.8, 4) is 17.0 Å². The van der Waals surface area contributed by atoms with Gasteiger partial charge in [0, 0.05) is 49.6 Å². The molecule has 3 aromatic heterocycles. The zero-order valence-electron chi connectivity index (χ0n) is 19.3. The minimum absolute atomic E-state index is 0.0396. The van der Waals surface area contributed by atoms with E-state index in [2.05, 4.69) is 25.0 Å². The van der Waals surface area contributed by atoms with Gasteiger partial charge in [-0.05, 0) is 36.5 Å². The summed E-state index contributed by atoms with van der Waals surface area (Å²) in [5.74, 6) is 2.12. The van der Waals surface area contributed by atoms with Crippen LogP contribution in [0.25, 0.3) is 21.3 Å². The van der Waals surface area contributed by atoms with Gasteiger partial charge in [-0.3, -0.25) is 0 Å². The average Bonchev–Trinajstić information content (AvgIpc) is 3.36. The van der Waals surface area contributed by atoms with E-state index in [9.17, 15) is 8.42 Å². The molecule has 2 fully saturated rings. The van der Waals surface area contributed by atoms with E-state index in [-0.39, 0.29) is 6.10 Å². The maximum absolute atomic E-state index is 11.8. The summed E-state index contributed by atoms with van der Waals surface area (Å²) in [6.45, 7) is 1.57. The summed E-state index contributed by atoms with van der Waals surface area (Å²) in [5, 5.41) is 6.15. The van der Waals surface area contributed by atoms with E-state index >= 15 is 0 Å². The molecule has 182 valence electrons. The van der Waals surface area contributed by atoms with Crippen LogP contribution in [-0.4, -0.2) is 54.0 Å². The van der Waals surface area contributed by atoms with Crippen molar-refractivity contribution in [2.75, 3.05) is 24.2 Å². The number of sulfone groups is 1. The first kappa shape index (κ1) is 22.4. The topological polar surface area (TPSA) is 111 Å². The zero-order chi connectivity index (χ0) is 24.0. The van der Waals surface area contributed by atoms with Crippen LogP contribution < -0.4 is 9.64 Å². The highest BCUT2D eigenvalue weighted by Gasteiger charge is 2.28. The van der Waals surface area contributed by atoms with Crippen molar-refractivity contribution in [2.45, 2.75) is 43.1 Å². The van der Waals surface area contributed by atoms with Crippen LogP contribution in [0.1, 0.15) is 31.5 Å². The van der Waals surface area contributed by atoms with Crippen LogP contribution in [0.5, 0.6) is 5.88 Å². The number of thiophene rings is 1. The van der Waals surface area contributed by atoms with Crippen LogP contribution in [0, 0.1) is 5.92 Å². The Morgan fingerprint density at radius 1 is 1.11 bits per heavy atom. The highest BCUT2D eigenvalue weighted by molar-refractivity contribution is 7.90. The number of benzene rings is 1. The molecule has 0 unspecified atom stereocenters. The van der Waals surface area contributed by atoms with Crippen molar-refractivity contribution in [1.82, 2.24) is 20.1 Å². The molecule has 35 heavy (non-hydrogen) atoms. The molecule has 0 atom stereocenters. The Labute approximate surface area is 207 Å². The van der Waals surface area contributed by atoms with Crippen LogP contribution in [0.4, 0.5) is 6.01 Å². The van der Waals surface area contributed by atoms with Crippen molar-refractivity contribution in [2.24, 2.45) is 5.92 Å². The molecule has 4 heterocycles. The molecule has 1 aliphatic heterocycles. The van der Waals surface area contributed by atoms with E-state index < -0.39 is 9.84 Å². The fraction of sp³-hybridized carbons (Fsp3) is 0.417. The van der Waals surface area contributed by atoms with E-state index in [1.54, 1.807) is 12.1 Å². The van der Waals surface area contributed by atoms with Gasteiger partial charge in [-0.1, -0.05) is 17.3 Å². The third kappa shape index (κ3) is 4.74. The number of rotatable bonds is 7. The summed E-state index contributed by atoms with van der Waals surface area (Å²) in [6.07, 6.45) is 7.88. The zero-order valence-corrected chi connectivity index (χ0v) is 20.9. The van der Waals surface area contributed by atoms with Crippen molar-refractivity contribution in [3.05, 3.63) is 41.8 Å². The second-order valence-electron chi connectivity index (χ2n) is 9.25. The monoisotopic (exact) mass is 511 g/mol. The second-order valence-corrected chi connectivity index (χ2v) is 12.1. The molecular formula is C24H25N5O4S2. The van der Waals surface area contributed by atoms with Crippen molar-refractivity contribution >= 4 is 37.4 Å². The third-order valence-electron chi connectivity index (χ3n) is 6.53. The molecule has 0 bridgehead atoms. The van der Waals surface area contributed by atoms with Crippen molar-refractivity contribution in [1.29, 1.82) is 0 Å². The predicted molar refractivity (Wildman–Crippen MR) is 133 cm³/mol. The van der Waals surface area contributed by atoms with Gasteiger partial charge in [-0.2, -0.15) is 4.98 Å². The Kier molecular flexibility index (Phi) is 5.68. The molecule has 0 amide bonds. The van der Waals surface area contributed by atoms with Gasteiger partial charge in [0.05, 0.1) is 10.4 Å². The second kappa shape index (κ2) is 8.87. The molecule has 2 aliphatic rings. The SMILES string of the molecule is CS(=O)(=O)c1ccc(-c2csc3c(OC4CCN(c5nc(CC6CC6)no5)CC4)ncnc23)cc1. The Bertz CT molecular complexity index is 1450. The van der Waals surface area contributed by atoms with Crippen LogP contribution >= 0.6 is 11.3 Å². The largest absolute Gasteiger partial charge is 0.473 e. The van der Waals surface area contributed by atoms with Crippen LogP contribution in [0.15, 0.2) is 45.4 Å². The van der Waals surface area contributed by atoms with Gasteiger partial charge in [-0.25, -0.2) is 18.4 Å². The molecule has 11 heteroatoms. The molecule has 0 radical (unpaired) electrons. The minimum atomic E-state index is -3.24. The smallest absolute Gasteiger partial charge is 0.324 e. The van der Waals surface area contributed by atoms with Gasteiger partial charge in [-0.15, -0.1) is 11.3 Å². The molecule has 9 nitrogen and oxygen atoms in total. The Morgan fingerprint density at radius 3 is 2.60 bits per heavy atom. The van der Waals surface area contributed by atoms with Crippen molar-refractivity contribution < 1.29 is 17.7 Å². The van der Waals surface area contributed by atoms with Gasteiger partial charge in [0.1, 0.15) is 17.1 Å². The lowest BCUT2D eigenvalue weighted by Crippen LogP contribution is -2.38. The number of hydrogen-bond donors (Lipinski definition) is 0. The number of anilines is 1. The molecule has 4 aromatic rings. The van der Waals surface area contributed by atoms with Gasteiger partial charge >= 0.3 is 6.01 Å². The minimum Gasteiger partial charge on any atom is -0.473 e. The van der Waals surface area contributed by atoms with Gasteiger partial charge < -0.3 is 14.2 Å². The van der Waals surface area contributed by atoms with Crippen LogP contribution in [-0.2, 0) is 16.3 Å². The molecule has 1 aliphatic carbocycles. The van der Waals surface area contributed by atoms with E-state index in [1.165, 1.54) is 36.8 Å². The fourth-order valence-corrected chi connectivity index (χ4v) is 5.95. The standard InChI is InChI=1S/C24H25N5O4S2/c1-35(30,31)18-6-4-16(5-7-18)19-13-34-22-21(19)25-14-26-23(22)32-17-8-10-29(11-9-17)24-27-20(28-33-24)12-15-2-3-15/h4-7,13-15,17H,2-3,8-12H2,1H3. The average molecular weight is 512 g/mol. The summed E-state index contributed by atoms with van der Waals surface area (Å²) in [4.78, 5) is 15.9. The molecule has 0 N–H and O–H groups in total. The molecule has 0 spiro atoms. The third-order valence-corrected chi connectivity index (χ3v) is 8.62. The number of piperidine rings is 1. The quantitative estimate of drug-likeness (QED) is 0.361. The van der Waals surface area contributed by atoms with E-state index in [4.69, 9.17) is 9.26 Å². The molecule has 6 rings (SSSR count). The predicted octanol–water partition coefficient (Wildman–Crippen LogP) is 4.15. The van der Waals surface area contributed by atoms with Crippen molar-refractivity contribution in [3.63, 3.8) is 0 Å². The summed E-state index contributed by atoms with van der Waals surface area (Å²) in [5.41, 5.74) is 2.64. The first-order chi connectivity index (χ1) is 16.9. The van der Waals surface area contributed by atoms with E-state index in [0.717, 1.165) is 65.4 Å². The first-order valence-electron chi connectivity index (χ1n) is 11.7. The highest BCUT2D eigenvalue weighted by atomic mass is 32.2. The Morgan fingerprint density at radius 2 is 1.89 bits per heavy atom. The highest BCUT2D eigenvalue weighted by Crippen LogP contribution is 2.38. The summed E-state index contributed by atoms with van der Waals surface area (Å²) in [6, 6.07) is 7.47.